The minimum absolute atomic E-state index is 0.0938. The summed E-state index contributed by atoms with van der Waals surface area (Å²) in [4.78, 5) is 8.06. The molecule has 0 radical (unpaired) electrons. The lowest BCUT2D eigenvalue weighted by Gasteiger charge is -2.09. The van der Waals surface area contributed by atoms with E-state index in [1.807, 2.05) is 37.3 Å². The van der Waals surface area contributed by atoms with E-state index in [9.17, 15) is 5.26 Å². The van der Waals surface area contributed by atoms with Crippen molar-refractivity contribution in [1.29, 1.82) is 5.26 Å². The topological polar surface area (TPSA) is 84.8 Å². The van der Waals surface area contributed by atoms with Gasteiger partial charge in [-0.1, -0.05) is 30.3 Å². The van der Waals surface area contributed by atoms with E-state index < -0.39 is 0 Å². The van der Waals surface area contributed by atoms with Gasteiger partial charge in [0.05, 0.1) is 12.3 Å². The Balaban J connectivity index is 2.64. The summed E-state index contributed by atoms with van der Waals surface area (Å²) in [5.74, 6) is 0.322. The Labute approximate surface area is 105 Å². The molecule has 0 aliphatic carbocycles. The van der Waals surface area contributed by atoms with Crippen LogP contribution in [0.15, 0.2) is 30.3 Å². The zero-order chi connectivity index (χ0) is 13.0. The summed E-state index contributed by atoms with van der Waals surface area (Å²) in [7, 11) is 0. The van der Waals surface area contributed by atoms with Gasteiger partial charge in [-0.05, 0) is 6.92 Å². The molecule has 1 aromatic carbocycles. The van der Waals surface area contributed by atoms with Crippen molar-refractivity contribution in [3.8, 4) is 23.2 Å². The highest BCUT2D eigenvalue weighted by atomic mass is 16.5. The average molecular weight is 240 g/mol. The minimum atomic E-state index is 0.0938. The molecule has 2 aromatic rings. The third-order valence-electron chi connectivity index (χ3n) is 2.33. The van der Waals surface area contributed by atoms with Crippen molar-refractivity contribution < 1.29 is 4.74 Å². The highest BCUT2D eigenvalue weighted by Gasteiger charge is 2.15. The maximum absolute atomic E-state index is 9.23. The number of anilines is 1. The molecule has 90 valence electrons. The van der Waals surface area contributed by atoms with E-state index >= 15 is 0 Å². The Hall–Kier alpha value is -2.61. The highest BCUT2D eigenvalue weighted by molar-refractivity contribution is 5.69. The van der Waals surface area contributed by atoms with Crippen LogP contribution in [0.4, 0.5) is 5.95 Å². The monoisotopic (exact) mass is 240 g/mol. The first-order valence-corrected chi connectivity index (χ1v) is 5.52. The maximum Gasteiger partial charge on any atom is 0.237 e. The Kier molecular flexibility index (Phi) is 3.39. The molecule has 18 heavy (non-hydrogen) atoms. The molecule has 0 aliphatic rings. The predicted octanol–water partition coefficient (Wildman–Crippen LogP) is 2.00. The molecule has 0 unspecified atom stereocenters. The van der Waals surface area contributed by atoms with E-state index in [4.69, 9.17) is 10.5 Å². The van der Waals surface area contributed by atoms with Gasteiger partial charge < -0.3 is 10.5 Å². The number of hydrogen-bond acceptors (Lipinski definition) is 5. The number of hydrogen-bond donors (Lipinski definition) is 1. The van der Waals surface area contributed by atoms with Crippen molar-refractivity contribution in [2.24, 2.45) is 0 Å². The van der Waals surface area contributed by atoms with Crippen molar-refractivity contribution in [1.82, 2.24) is 9.97 Å². The molecule has 5 heteroatoms. The maximum atomic E-state index is 9.23. The van der Waals surface area contributed by atoms with Crippen LogP contribution in [0.2, 0.25) is 0 Å². The number of ether oxygens (including phenoxy) is 1. The first-order chi connectivity index (χ1) is 8.76. The lowest BCUT2D eigenvalue weighted by atomic mass is 10.1. The van der Waals surface area contributed by atoms with Gasteiger partial charge in [-0.3, -0.25) is 0 Å². The van der Waals surface area contributed by atoms with E-state index in [0.29, 0.717) is 17.9 Å². The Morgan fingerprint density at radius 1 is 1.28 bits per heavy atom. The molecule has 1 aromatic heterocycles. The summed E-state index contributed by atoms with van der Waals surface area (Å²) in [6.07, 6.45) is 0. The lowest BCUT2D eigenvalue weighted by Crippen LogP contribution is -2.05. The zero-order valence-electron chi connectivity index (χ0n) is 9.92. The summed E-state index contributed by atoms with van der Waals surface area (Å²) >= 11 is 0. The normalized spacial score (nSPS) is 9.78. The van der Waals surface area contributed by atoms with Crippen molar-refractivity contribution in [2.75, 3.05) is 12.3 Å². The van der Waals surface area contributed by atoms with Gasteiger partial charge >= 0.3 is 0 Å². The zero-order valence-corrected chi connectivity index (χ0v) is 9.92. The number of nitrogen functional groups attached to an aromatic ring is 1. The minimum Gasteiger partial charge on any atom is -0.477 e. The van der Waals surface area contributed by atoms with Crippen LogP contribution in [0, 0.1) is 11.3 Å². The van der Waals surface area contributed by atoms with Crippen LogP contribution < -0.4 is 10.5 Å². The quantitative estimate of drug-likeness (QED) is 0.886. The first kappa shape index (κ1) is 11.9. The summed E-state index contributed by atoms with van der Waals surface area (Å²) in [6.45, 7) is 2.24. The molecule has 5 nitrogen and oxygen atoms in total. The summed E-state index contributed by atoms with van der Waals surface area (Å²) in [5.41, 5.74) is 7.25. The van der Waals surface area contributed by atoms with Crippen molar-refractivity contribution in [2.45, 2.75) is 6.92 Å². The molecular weight excluding hydrogens is 228 g/mol. The Morgan fingerprint density at radius 3 is 2.61 bits per heavy atom. The summed E-state index contributed by atoms with van der Waals surface area (Å²) in [5, 5.41) is 9.23. The average Bonchev–Trinajstić information content (AvgIpc) is 2.39. The largest absolute Gasteiger partial charge is 0.477 e. The van der Waals surface area contributed by atoms with E-state index in [2.05, 4.69) is 16.0 Å². The summed E-state index contributed by atoms with van der Waals surface area (Å²) < 4.78 is 5.32. The van der Waals surface area contributed by atoms with Gasteiger partial charge in [-0.2, -0.15) is 10.2 Å². The standard InChI is InChI=1S/C13H12N4O/c1-2-18-12-10(8-14)11(16-13(15)17-12)9-6-4-3-5-7-9/h3-7H,2H2,1H3,(H2,15,16,17). The van der Waals surface area contributed by atoms with Crippen LogP contribution in [-0.2, 0) is 0 Å². The molecule has 2 rings (SSSR count). The van der Waals surface area contributed by atoms with E-state index in [0.717, 1.165) is 5.56 Å². The van der Waals surface area contributed by atoms with E-state index in [1.165, 1.54) is 0 Å². The van der Waals surface area contributed by atoms with E-state index in [1.54, 1.807) is 0 Å². The number of benzene rings is 1. The van der Waals surface area contributed by atoms with Gasteiger partial charge in [0.1, 0.15) is 11.6 Å². The molecule has 1 heterocycles. The van der Waals surface area contributed by atoms with Crippen LogP contribution in [0.5, 0.6) is 5.88 Å². The fourth-order valence-corrected chi connectivity index (χ4v) is 1.60. The van der Waals surface area contributed by atoms with Crippen LogP contribution >= 0.6 is 0 Å². The van der Waals surface area contributed by atoms with Gasteiger partial charge in [0.2, 0.25) is 11.8 Å². The SMILES string of the molecule is CCOc1nc(N)nc(-c2ccccc2)c1C#N. The van der Waals surface area contributed by atoms with Gasteiger partial charge in [0.15, 0.2) is 0 Å². The Morgan fingerprint density at radius 2 is 2.00 bits per heavy atom. The number of nitrogens with zero attached hydrogens (tertiary/aromatic N) is 3. The van der Waals surface area contributed by atoms with Crippen LogP contribution in [0.25, 0.3) is 11.3 Å². The Bertz CT molecular complexity index is 590. The number of nitrogens with two attached hydrogens (primary N) is 1. The molecule has 0 amide bonds. The third kappa shape index (κ3) is 2.23. The van der Waals surface area contributed by atoms with E-state index in [-0.39, 0.29) is 11.8 Å². The second kappa shape index (κ2) is 5.15. The van der Waals surface area contributed by atoms with Crippen molar-refractivity contribution in [3.63, 3.8) is 0 Å². The molecular formula is C13H12N4O. The van der Waals surface area contributed by atoms with Crippen LogP contribution in [0.3, 0.4) is 0 Å². The lowest BCUT2D eigenvalue weighted by molar-refractivity contribution is 0.326. The predicted molar refractivity (Wildman–Crippen MR) is 67.8 cm³/mol. The van der Waals surface area contributed by atoms with Gasteiger partial charge in [-0.15, -0.1) is 0 Å². The molecule has 0 saturated heterocycles. The van der Waals surface area contributed by atoms with Gasteiger partial charge in [0.25, 0.3) is 0 Å². The van der Waals surface area contributed by atoms with Crippen molar-refractivity contribution in [3.05, 3.63) is 35.9 Å². The number of nitriles is 1. The molecule has 0 aliphatic heterocycles. The highest BCUT2D eigenvalue weighted by Crippen LogP contribution is 2.27. The second-order valence-corrected chi connectivity index (χ2v) is 3.52. The number of rotatable bonds is 3. The van der Waals surface area contributed by atoms with Crippen LogP contribution in [0.1, 0.15) is 12.5 Å². The molecule has 0 atom stereocenters. The third-order valence-corrected chi connectivity index (χ3v) is 2.33. The van der Waals surface area contributed by atoms with Gasteiger partial charge in [0, 0.05) is 5.56 Å². The molecule has 0 bridgehead atoms. The molecule has 0 spiro atoms. The number of aromatic nitrogens is 2. The summed E-state index contributed by atoms with van der Waals surface area (Å²) in [6, 6.07) is 11.4. The fraction of sp³-hybridized carbons (Fsp3) is 0.154. The smallest absolute Gasteiger partial charge is 0.237 e. The first-order valence-electron chi connectivity index (χ1n) is 5.52. The van der Waals surface area contributed by atoms with Crippen molar-refractivity contribution >= 4 is 5.95 Å². The molecule has 0 saturated carbocycles. The second-order valence-electron chi connectivity index (χ2n) is 3.52. The molecule has 2 N–H and O–H groups in total. The molecule has 0 fully saturated rings. The van der Waals surface area contributed by atoms with Gasteiger partial charge in [-0.25, -0.2) is 4.98 Å². The fourth-order valence-electron chi connectivity index (χ4n) is 1.60. The van der Waals surface area contributed by atoms with Crippen LogP contribution in [-0.4, -0.2) is 16.6 Å².